The van der Waals surface area contributed by atoms with E-state index < -0.39 is 12.0 Å². The summed E-state index contributed by atoms with van der Waals surface area (Å²) in [6.45, 7) is 5.96. The Hall–Kier alpha value is -2.09. The molecule has 1 aromatic heterocycles. The van der Waals surface area contributed by atoms with Crippen LogP contribution in [0.5, 0.6) is 0 Å². The van der Waals surface area contributed by atoms with Crippen LogP contribution in [-0.2, 0) is 4.79 Å². The number of carboxylic acid groups (broad SMARTS) is 1. The van der Waals surface area contributed by atoms with Crippen molar-refractivity contribution in [3.8, 4) is 0 Å². The molecule has 2 atom stereocenters. The molecule has 130 valence electrons. The largest absolute Gasteiger partial charge is 0.477 e. The summed E-state index contributed by atoms with van der Waals surface area (Å²) in [5, 5.41) is 11.9. The van der Waals surface area contributed by atoms with Gasteiger partial charge in [-0.15, -0.1) is 11.8 Å². The number of rotatable bonds is 5. The van der Waals surface area contributed by atoms with Gasteiger partial charge in [-0.2, -0.15) is 0 Å². The lowest BCUT2D eigenvalue weighted by atomic mass is 10.1. The van der Waals surface area contributed by atoms with Gasteiger partial charge in [0.1, 0.15) is 11.7 Å². The first-order chi connectivity index (χ1) is 11.3. The number of nitrogens with one attached hydrogen (secondary N) is 1. The molecule has 2 rings (SSSR count). The Bertz CT molecular complexity index is 650. The first-order valence-electron chi connectivity index (χ1n) is 7.69. The lowest BCUT2D eigenvalue weighted by Gasteiger charge is -2.26. The van der Waals surface area contributed by atoms with Crippen LogP contribution in [0.15, 0.2) is 18.3 Å². The highest BCUT2D eigenvalue weighted by molar-refractivity contribution is 7.99. The minimum absolute atomic E-state index is 0.0135. The summed E-state index contributed by atoms with van der Waals surface area (Å²) in [4.78, 5) is 41.3. The molecule has 1 aliphatic heterocycles. The molecule has 0 aliphatic carbocycles. The molecule has 0 radical (unpaired) electrons. The Morgan fingerprint density at radius 2 is 2.08 bits per heavy atom. The maximum absolute atomic E-state index is 12.7. The number of nitrogens with zero attached hydrogens (tertiary/aromatic N) is 2. The third-order valence-corrected chi connectivity index (χ3v) is 5.05. The van der Waals surface area contributed by atoms with Gasteiger partial charge in [0.05, 0.1) is 5.88 Å². The van der Waals surface area contributed by atoms with E-state index in [0.717, 1.165) is 0 Å². The summed E-state index contributed by atoms with van der Waals surface area (Å²) < 4.78 is 0. The molecule has 2 heterocycles. The number of hydrogen-bond acceptors (Lipinski definition) is 5. The van der Waals surface area contributed by atoms with E-state index in [1.807, 2.05) is 20.8 Å². The summed E-state index contributed by atoms with van der Waals surface area (Å²) in [6, 6.07) is 2.16. The van der Waals surface area contributed by atoms with Crippen LogP contribution in [0.2, 0.25) is 0 Å². The van der Waals surface area contributed by atoms with Crippen LogP contribution in [0.25, 0.3) is 0 Å². The van der Waals surface area contributed by atoms with E-state index in [1.165, 1.54) is 35.0 Å². The SMILES string of the molecule is CC(C)C(C)NC(=O)C1CSCN1C(=O)c1ccnc(C(=O)O)c1. The molecule has 1 aliphatic rings. The number of aromatic carboxylic acids is 1. The molecule has 2 amide bonds. The van der Waals surface area contributed by atoms with Crippen molar-refractivity contribution in [2.24, 2.45) is 5.92 Å². The van der Waals surface area contributed by atoms with Gasteiger partial charge in [-0.1, -0.05) is 13.8 Å². The zero-order valence-electron chi connectivity index (χ0n) is 13.9. The molecule has 0 spiro atoms. The predicted molar refractivity (Wildman–Crippen MR) is 90.9 cm³/mol. The van der Waals surface area contributed by atoms with Crippen LogP contribution in [0.4, 0.5) is 0 Å². The zero-order valence-corrected chi connectivity index (χ0v) is 14.7. The first-order valence-corrected chi connectivity index (χ1v) is 8.85. The fourth-order valence-electron chi connectivity index (χ4n) is 2.19. The summed E-state index contributed by atoms with van der Waals surface area (Å²) in [5.74, 6) is -0.507. The van der Waals surface area contributed by atoms with E-state index in [-0.39, 0.29) is 29.1 Å². The van der Waals surface area contributed by atoms with Gasteiger partial charge >= 0.3 is 5.97 Å². The van der Waals surface area contributed by atoms with E-state index in [4.69, 9.17) is 5.11 Å². The van der Waals surface area contributed by atoms with Crippen LogP contribution in [0, 0.1) is 5.92 Å². The quantitative estimate of drug-likeness (QED) is 0.833. The number of thioether (sulfide) groups is 1. The second-order valence-electron chi connectivity index (χ2n) is 6.07. The number of aromatic nitrogens is 1. The number of hydrogen-bond donors (Lipinski definition) is 2. The molecule has 0 bridgehead atoms. The number of amides is 2. The van der Waals surface area contributed by atoms with Crippen LogP contribution >= 0.6 is 11.8 Å². The topological polar surface area (TPSA) is 99.6 Å². The molecule has 7 nitrogen and oxygen atoms in total. The number of carbonyl (C=O) groups is 3. The van der Waals surface area contributed by atoms with Gasteiger partial charge in [0.15, 0.2) is 0 Å². The fraction of sp³-hybridized carbons (Fsp3) is 0.500. The molecule has 24 heavy (non-hydrogen) atoms. The molecule has 2 unspecified atom stereocenters. The molecule has 0 saturated carbocycles. The van der Waals surface area contributed by atoms with Crippen molar-refractivity contribution in [1.82, 2.24) is 15.2 Å². The Kier molecular flexibility index (Phi) is 5.82. The average Bonchev–Trinajstić information content (AvgIpc) is 3.03. The number of pyridine rings is 1. The maximum atomic E-state index is 12.7. The summed E-state index contributed by atoms with van der Waals surface area (Å²) in [7, 11) is 0. The predicted octanol–water partition coefficient (Wildman–Crippen LogP) is 1.46. The minimum Gasteiger partial charge on any atom is -0.477 e. The molecule has 8 heteroatoms. The van der Waals surface area contributed by atoms with E-state index >= 15 is 0 Å². The van der Waals surface area contributed by atoms with Gasteiger partial charge in [-0.05, 0) is 25.0 Å². The highest BCUT2D eigenvalue weighted by Crippen LogP contribution is 2.23. The molecular weight excluding hydrogens is 330 g/mol. The highest BCUT2D eigenvalue weighted by atomic mass is 32.2. The van der Waals surface area contributed by atoms with Crippen molar-refractivity contribution in [1.29, 1.82) is 0 Å². The van der Waals surface area contributed by atoms with Gasteiger partial charge in [0.2, 0.25) is 5.91 Å². The van der Waals surface area contributed by atoms with Gasteiger partial charge in [0, 0.05) is 23.6 Å². The third kappa shape index (κ3) is 4.05. The second kappa shape index (κ2) is 7.65. The summed E-state index contributed by atoms with van der Waals surface area (Å²) in [5.41, 5.74) is 0.0294. The van der Waals surface area contributed by atoms with Gasteiger partial charge in [-0.25, -0.2) is 9.78 Å². The van der Waals surface area contributed by atoms with E-state index in [2.05, 4.69) is 10.3 Å². The molecule has 1 fully saturated rings. The summed E-state index contributed by atoms with van der Waals surface area (Å²) in [6.07, 6.45) is 1.29. The molecule has 1 aromatic rings. The monoisotopic (exact) mass is 351 g/mol. The second-order valence-corrected chi connectivity index (χ2v) is 7.07. The van der Waals surface area contributed by atoms with Crippen molar-refractivity contribution in [2.75, 3.05) is 11.6 Å². The van der Waals surface area contributed by atoms with Crippen molar-refractivity contribution in [3.05, 3.63) is 29.6 Å². The van der Waals surface area contributed by atoms with Crippen LogP contribution in [0.1, 0.15) is 41.6 Å². The van der Waals surface area contributed by atoms with Crippen LogP contribution in [0.3, 0.4) is 0 Å². The van der Waals surface area contributed by atoms with Crippen molar-refractivity contribution in [2.45, 2.75) is 32.9 Å². The molecule has 0 aromatic carbocycles. The maximum Gasteiger partial charge on any atom is 0.354 e. The Labute approximate surface area is 144 Å². The van der Waals surface area contributed by atoms with E-state index in [9.17, 15) is 14.4 Å². The smallest absolute Gasteiger partial charge is 0.354 e. The van der Waals surface area contributed by atoms with E-state index in [1.54, 1.807) is 0 Å². The van der Waals surface area contributed by atoms with Crippen LogP contribution < -0.4 is 5.32 Å². The van der Waals surface area contributed by atoms with Crippen molar-refractivity contribution < 1.29 is 19.5 Å². The Morgan fingerprint density at radius 1 is 1.38 bits per heavy atom. The van der Waals surface area contributed by atoms with Gasteiger partial charge < -0.3 is 15.3 Å². The van der Waals surface area contributed by atoms with Crippen molar-refractivity contribution in [3.63, 3.8) is 0 Å². The molecular formula is C16H21N3O4S. The number of carbonyl (C=O) groups excluding carboxylic acids is 2. The fourth-order valence-corrected chi connectivity index (χ4v) is 3.35. The van der Waals surface area contributed by atoms with Crippen molar-refractivity contribution >= 4 is 29.5 Å². The normalized spacial score (nSPS) is 18.5. The van der Waals surface area contributed by atoms with Crippen LogP contribution in [-0.4, -0.2) is 56.5 Å². The minimum atomic E-state index is -1.19. The molecule has 2 N–H and O–H groups in total. The van der Waals surface area contributed by atoms with Gasteiger partial charge in [0.25, 0.3) is 5.91 Å². The lowest BCUT2D eigenvalue weighted by molar-refractivity contribution is -0.125. The average molecular weight is 351 g/mol. The van der Waals surface area contributed by atoms with E-state index in [0.29, 0.717) is 17.5 Å². The highest BCUT2D eigenvalue weighted by Gasteiger charge is 2.35. The zero-order chi connectivity index (χ0) is 17.9. The Balaban J connectivity index is 2.15. The molecule has 1 saturated heterocycles. The number of carboxylic acids is 1. The first kappa shape index (κ1) is 18.3. The third-order valence-electron chi connectivity index (χ3n) is 4.04. The van der Waals surface area contributed by atoms with Gasteiger partial charge in [-0.3, -0.25) is 9.59 Å². The summed E-state index contributed by atoms with van der Waals surface area (Å²) >= 11 is 1.50. The lowest BCUT2D eigenvalue weighted by Crippen LogP contribution is -2.50. The standard InChI is InChI=1S/C16H21N3O4S/c1-9(2)10(3)18-14(20)13-7-24-8-19(13)15(21)11-4-5-17-12(6-11)16(22)23/h4-6,9-10,13H,7-8H2,1-3H3,(H,18,20)(H,22,23). The Morgan fingerprint density at radius 3 is 2.71 bits per heavy atom.